The van der Waals surface area contributed by atoms with Gasteiger partial charge in [0.05, 0.1) is 6.04 Å². The number of carbonyl (C=O) groups excluding carboxylic acids is 1. The highest BCUT2D eigenvalue weighted by atomic mass is 16.5. The van der Waals surface area contributed by atoms with E-state index in [9.17, 15) is 4.79 Å². The summed E-state index contributed by atoms with van der Waals surface area (Å²) in [4.78, 5) is 12.2. The second-order valence-corrected chi connectivity index (χ2v) is 6.24. The van der Waals surface area contributed by atoms with E-state index in [4.69, 9.17) is 9.15 Å². The zero-order chi connectivity index (χ0) is 17.9. The summed E-state index contributed by atoms with van der Waals surface area (Å²) in [5.74, 6) is 0.491. The lowest BCUT2D eigenvalue weighted by Gasteiger charge is -2.14. The first-order chi connectivity index (χ1) is 12.7. The molecule has 0 fully saturated rings. The molecule has 4 rings (SSSR count). The maximum absolute atomic E-state index is 12.2. The van der Waals surface area contributed by atoms with Crippen LogP contribution in [0, 0.1) is 0 Å². The van der Waals surface area contributed by atoms with Crippen LogP contribution in [0.1, 0.15) is 18.5 Å². The molecule has 0 aliphatic rings. The average molecular weight is 345 g/mol. The van der Waals surface area contributed by atoms with E-state index in [-0.39, 0.29) is 18.6 Å². The first kappa shape index (κ1) is 16.2. The first-order valence-corrected chi connectivity index (χ1v) is 8.59. The van der Waals surface area contributed by atoms with Crippen LogP contribution in [0.3, 0.4) is 0 Å². The Bertz CT molecular complexity index is 1050. The van der Waals surface area contributed by atoms with Gasteiger partial charge in [0, 0.05) is 10.8 Å². The van der Waals surface area contributed by atoms with Crippen molar-refractivity contribution in [3.8, 4) is 5.75 Å². The predicted octanol–water partition coefficient (Wildman–Crippen LogP) is 4.84. The van der Waals surface area contributed by atoms with Crippen molar-refractivity contribution < 1.29 is 13.9 Å². The lowest BCUT2D eigenvalue weighted by atomic mass is 10.1. The molecule has 3 aromatic carbocycles. The number of furan rings is 1. The molecule has 4 aromatic rings. The third-order valence-corrected chi connectivity index (χ3v) is 4.40. The Morgan fingerprint density at radius 2 is 1.69 bits per heavy atom. The van der Waals surface area contributed by atoms with Gasteiger partial charge in [0.2, 0.25) is 0 Å². The molecule has 4 nitrogen and oxygen atoms in total. The fourth-order valence-corrected chi connectivity index (χ4v) is 3.05. The van der Waals surface area contributed by atoms with Gasteiger partial charge in [-0.05, 0) is 36.8 Å². The molecule has 1 aromatic heterocycles. The fourth-order valence-electron chi connectivity index (χ4n) is 3.05. The second kappa shape index (κ2) is 6.92. The fraction of sp³-hybridized carbons (Fsp3) is 0.136. The molecule has 130 valence electrons. The number of hydrogen-bond acceptors (Lipinski definition) is 3. The van der Waals surface area contributed by atoms with E-state index in [0.717, 1.165) is 27.5 Å². The molecule has 1 heterocycles. The summed E-state index contributed by atoms with van der Waals surface area (Å²) >= 11 is 0. The van der Waals surface area contributed by atoms with Crippen LogP contribution in [0.15, 0.2) is 77.2 Å². The number of rotatable bonds is 5. The minimum Gasteiger partial charge on any atom is -0.484 e. The number of nitrogens with one attached hydrogen (secondary N) is 1. The molecule has 4 heteroatoms. The van der Waals surface area contributed by atoms with Crippen LogP contribution in [0.4, 0.5) is 0 Å². The first-order valence-electron chi connectivity index (χ1n) is 8.59. The minimum absolute atomic E-state index is 0.0293. The third-order valence-electron chi connectivity index (χ3n) is 4.40. The summed E-state index contributed by atoms with van der Waals surface area (Å²) in [6, 6.07) is 23.3. The quantitative estimate of drug-likeness (QED) is 0.563. The van der Waals surface area contributed by atoms with Gasteiger partial charge in [-0.3, -0.25) is 4.79 Å². The van der Waals surface area contributed by atoms with Crippen molar-refractivity contribution in [2.75, 3.05) is 6.61 Å². The van der Waals surface area contributed by atoms with Gasteiger partial charge in [-0.1, -0.05) is 48.5 Å². The molecule has 0 spiro atoms. The summed E-state index contributed by atoms with van der Waals surface area (Å²) in [5.41, 5.74) is 2.71. The largest absolute Gasteiger partial charge is 0.484 e. The van der Waals surface area contributed by atoms with Gasteiger partial charge < -0.3 is 14.5 Å². The summed E-state index contributed by atoms with van der Waals surface area (Å²) in [6.45, 7) is 1.93. The molecule has 0 aliphatic heterocycles. The highest BCUT2D eigenvalue weighted by molar-refractivity contribution is 6.05. The van der Waals surface area contributed by atoms with Crippen LogP contribution >= 0.6 is 0 Å². The van der Waals surface area contributed by atoms with Gasteiger partial charge in [0.1, 0.15) is 16.9 Å². The third kappa shape index (κ3) is 3.26. The summed E-state index contributed by atoms with van der Waals surface area (Å²) in [7, 11) is 0. The Labute approximate surface area is 151 Å². The zero-order valence-corrected chi connectivity index (χ0v) is 14.4. The maximum atomic E-state index is 12.2. The summed E-state index contributed by atoms with van der Waals surface area (Å²) in [6.07, 6.45) is 0. The lowest BCUT2D eigenvalue weighted by Crippen LogP contribution is -2.31. The van der Waals surface area contributed by atoms with Crippen molar-refractivity contribution >= 4 is 27.8 Å². The Morgan fingerprint density at radius 1 is 0.962 bits per heavy atom. The van der Waals surface area contributed by atoms with Gasteiger partial charge in [0.15, 0.2) is 6.61 Å². The van der Waals surface area contributed by atoms with Crippen molar-refractivity contribution in [1.82, 2.24) is 5.32 Å². The summed E-state index contributed by atoms with van der Waals surface area (Å²) in [5, 5.41) is 4.97. The average Bonchev–Trinajstić information content (AvgIpc) is 3.05. The van der Waals surface area contributed by atoms with E-state index in [1.807, 2.05) is 79.7 Å². The van der Waals surface area contributed by atoms with E-state index < -0.39 is 0 Å². The van der Waals surface area contributed by atoms with Crippen molar-refractivity contribution in [2.24, 2.45) is 0 Å². The van der Waals surface area contributed by atoms with Gasteiger partial charge in [-0.15, -0.1) is 0 Å². The number of benzene rings is 3. The maximum Gasteiger partial charge on any atom is 0.258 e. The molecule has 1 amide bonds. The Hall–Kier alpha value is -3.27. The molecule has 0 saturated heterocycles. The zero-order valence-electron chi connectivity index (χ0n) is 14.4. The highest BCUT2D eigenvalue weighted by Crippen LogP contribution is 2.31. The van der Waals surface area contributed by atoms with Crippen LogP contribution in [-0.4, -0.2) is 12.5 Å². The number of amides is 1. The molecule has 0 bridgehead atoms. The molecule has 26 heavy (non-hydrogen) atoms. The van der Waals surface area contributed by atoms with E-state index in [0.29, 0.717) is 5.75 Å². The smallest absolute Gasteiger partial charge is 0.258 e. The number of hydrogen-bond donors (Lipinski definition) is 1. The van der Waals surface area contributed by atoms with Gasteiger partial charge in [-0.2, -0.15) is 0 Å². The van der Waals surface area contributed by atoms with Crippen LogP contribution < -0.4 is 10.1 Å². The minimum atomic E-state index is -0.154. The van der Waals surface area contributed by atoms with Crippen LogP contribution in [0.25, 0.3) is 21.9 Å². The van der Waals surface area contributed by atoms with Crippen molar-refractivity contribution in [3.05, 3.63) is 78.4 Å². The van der Waals surface area contributed by atoms with E-state index >= 15 is 0 Å². The SMILES string of the molecule is CC(NC(=O)COc1ccc2oc3ccccc3c2c1)c1ccccc1. The number of carbonyl (C=O) groups is 1. The van der Waals surface area contributed by atoms with Crippen LogP contribution in [-0.2, 0) is 4.79 Å². The molecule has 1 unspecified atom stereocenters. The number of para-hydroxylation sites is 1. The van der Waals surface area contributed by atoms with E-state index in [2.05, 4.69) is 5.32 Å². The molecule has 0 radical (unpaired) electrons. The van der Waals surface area contributed by atoms with Crippen molar-refractivity contribution in [2.45, 2.75) is 13.0 Å². The Morgan fingerprint density at radius 3 is 2.54 bits per heavy atom. The van der Waals surface area contributed by atoms with Gasteiger partial charge >= 0.3 is 0 Å². The van der Waals surface area contributed by atoms with Gasteiger partial charge in [0.25, 0.3) is 5.91 Å². The lowest BCUT2D eigenvalue weighted by molar-refractivity contribution is -0.123. The molecule has 0 aliphatic carbocycles. The second-order valence-electron chi connectivity index (χ2n) is 6.24. The monoisotopic (exact) mass is 345 g/mol. The van der Waals surface area contributed by atoms with Crippen LogP contribution in [0.5, 0.6) is 5.75 Å². The molecule has 0 saturated carbocycles. The Balaban J connectivity index is 1.44. The Kier molecular flexibility index (Phi) is 4.32. The molecule has 1 N–H and O–H groups in total. The van der Waals surface area contributed by atoms with E-state index in [1.54, 1.807) is 0 Å². The molecular formula is C22H19NO3. The standard InChI is InChI=1S/C22H19NO3/c1-15(16-7-3-2-4-8-16)23-22(24)14-25-17-11-12-21-19(13-17)18-9-5-6-10-20(18)26-21/h2-13,15H,14H2,1H3,(H,23,24). The highest BCUT2D eigenvalue weighted by Gasteiger charge is 2.11. The van der Waals surface area contributed by atoms with Gasteiger partial charge in [-0.25, -0.2) is 0 Å². The number of ether oxygens (including phenoxy) is 1. The molecule has 1 atom stereocenters. The number of fused-ring (bicyclic) bond motifs is 3. The van der Waals surface area contributed by atoms with Crippen LogP contribution in [0.2, 0.25) is 0 Å². The van der Waals surface area contributed by atoms with Crippen molar-refractivity contribution in [1.29, 1.82) is 0 Å². The van der Waals surface area contributed by atoms with Crippen molar-refractivity contribution in [3.63, 3.8) is 0 Å². The van der Waals surface area contributed by atoms with E-state index in [1.165, 1.54) is 0 Å². The molecular weight excluding hydrogens is 326 g/mol. The normalized spacial score (nSPS) is 12.2. The summed E-state index contributed by atoms with van der Waals surface area (Å²) < 4.78 is 11.5. The predicted molar refractivity (Wildman–Crippen MR) is 102 cm³/mol. The topological polar surface area (TPSA) is 51.5 Å².